The Balaban J connectivity index is 2.83. The van der Waals surface area contributed by atoms with Crippen molar-refractivity contribution < 1.29 is 0 Å². The van der Waals surface area contributed by atoms with Gasteiger partial charge in [0.15, 0.2) is 0 Å². The van der Waals surface area contributed by atoms with Gasteiger partial charge in [0.2, 0.25) is 0 Å². The minimum Gasteiger partial charge on any atom is -0.162 e. The summed E-state index contributed by atoms with van der Waals surface area (Å²) in [4.78, 5) is 0. The molecule has 0 saturated carbocycles. The maximum Gasteiger partial charge on any atom is -0.00647 e. The Labute approximate surface area is 69.1 Å². The van der Waals surface area contributed by atoms with Crippen molar-refractivity contribution in [1.29, 1.82) is 0 Å². The Morgan fingerprint density at radius 1 is 1.20 bits per heavy atom. The predicted octanol–water partition coefficient (Wildman–Crippen LogP) is 3.49. The van der Waals surface area contributed by atoms with Gasteiger partial charge >= 0.3 is 0 Å². The molecule has 0 nitrogen and oxygen atoms in total. The lowest BCUT2D eigenvalue weighted by atomic mass is 10.3. The van der Waals surface area contributed by atoms with Gasteiger partial charge in [-0.1, -0.05) is 26.0 Å². The van der Waals surface area contributed by atoms with Gasteiger partial charge in [-0.25, -0.2) is 0 Å². The van der Waals surface area contributed by atoms with Crippen LogP contribution in [0.25, 0.3) is 0 Å². The molecule has 0 saturated heterocycles. The molecule has 1 heteroatoms. The molecule has 0 aromatic heterocycles. The molecule has 0 aliphatic heterocycles. The number of hydrogen-bond donors (Lipinski definition) is 0. The summed E-state index contributed by atoms with van der Waals surface area (Å²) in [6.07, 6.45) is 8.32. The van der Waals surface area contributed by atoms with Crippen LogP contribution in [0.2, 0.25) is 0 Å². The average molecular weight is 158 g/mol. The molecule has 0 amide bonds. The van der Waals surface area contributed by atoms with E-state index in [9.17, 15) is 0 Å². The van der Waals surface area contributed by atoms with Gasteiger partial charge in [0.05, 0.1) is 0 Å². The van der Waals surface area contributed by atoms with Gasteiger partial charge in [0.1, 0.15) is 0 Å². The third-order valence-corrected chi connectivity index (χ3v) is 2.25. The molecule has 0 unspecified atom stereocenters. The zero-order valence-corrected chi connectivity index (χ0v) is 7.91. The molecule has 0 rings (SSSR count). The summed E-state index contributed by atoms with van der Waals surface area (Å²) in [5, 5.41) is 0. The van der Waals surface area contributed by atoms with Crippen molar-refractivity contribution in [2.24, 2.45) is 0 Å². The van der Waals surface area contributed by atoms with Crippen LogP contribution in [0.15, 0.2) is 12.2 Å². The largest absolute Gasteiger partial charge is 0.162 e. The minimum absolute atomic E-state index is 1.18. The van der Waals surface area contributed by atoms with Crippen LogP contribution < -0.4 is 0 Å². The molecule has 0 atom stereocenters. The lowest BCUT2D eigenvalue weighted by Gasteiger charge is -1.93. The van der Waals surface area contributed by atoms with E-state index in [2.05, 4.69) is 26.0 Å². The van der Waals surface area contributed by atoms with E-state index in [0.29, 0.717) is 0 Å². The van der Waals surface area contributed by atoms with Crippen LogP contribution in [0.5, 0.6) is 0 Å². The molecule has 0 spiro atoms. The minimum atomic E-state index is 1.18. The first kappa shape index (κ1) is 10.1. The maximum absolute atomic E-state index is 2.29. The van der Waals surface area contributed by atoms with E-state index in [4.69, 9.17) is 0 Å². The molecule has 0 aliphatic rings. The summed E-state index contributed by atoms with van der Waals surface area (Å²) >= 11 is 2.03. The summed E-state index contributed by atoms with van der Waals surface area (Å²) < 4.78 is 0. The van der Waals surface area contributed by atoms with Crippen molar-refractivity contribution in [3.05, 3.63) is 12.2 Å². The topological polar surface area (TPSA) is 0 Å². The van der Waals surface area contributed by atoms with E-state index in [1.54, 1.807) is 0 Å². The molecule has 0 aromatic carbocycles. The Kier molecular flexibility index (Phi) is 9.17. The highest BCUT2D eigenvalue weighted by molar-refractivity contribution is 7.99. The summed E-state index contributed by atoms with van der Waals surface area (Å²) in [5.41, 5.74) is 0. The molecule has 60 valence electrons. The molecular formula is C9H18S. The van der Waals surface area contributed by atoms with Crippen molar-refractivity contribution in [2.45, 2.75) is 33.1 Å². The second-order valence-corrected chi connectivity index (χ2v) is 3.61. The number of thioether (sulfide) groups is 1. The summed E-state index contributed by atoms with van der Waals surface area (Å²) in [6.45, 7) is 4.39. The molecule has 10 heavy (non-hydrogen) atoms. The van der Waals surface area contributed by atoms with Crippen LogP contribution in [0, 0.1) is 0 Å². The second-order valence-electron chi connectivity index (χ2n) is 2.22. The van der Waals surface area contributed by atoms with Crippen molar-refractivity contribution in [3.8, 4) is 0 Å². The van der Waals surface area contributed by atoms with Gasteiger partial charge in [0.25, 0.3) is 0 Å². The average Bonchev–Trinajstić information content (AvgIpc) is 1.97. The smallest absolute Gasteiger partial charge is 0.00647 e. The van der Waals surface area contributed by atoms with Crippen LogP contribution in [-0.4, -0.2) is 11.5 Å². The lowest BCUT2D eigenvalue weighted by molar-refractivity contribution is 0.964. The predicted molar refractivity (Wildman–Crippen MR) is 51.7 cm³/mol. The summed E-state index contributed by atoms with van der Waals surface area (Å²) in [7, 11) is 0. The van der Waals surface area contributed by atoms with Gasteiger partial charge in [0, 0.05) is 0 Å². The highest BCUT2D eigenvalue weighted by Crippen LogP contribution is 2.03. The van der Waals surface area contributed by atoms with E-state index in [1.807, 2.05) is 11.8 Å². The summed E-state index contributed by atoms with van der Waals surface area (Å²) in [6, 6.07) is 0. The first-order valence-electron chi connectivity index (χ1n) is 4.14. The third-order valence-electron chi connectivity index (χ3n) is 1.27. The lowest BCUT2D eigenvalue weighted by Crippen LogP contribution is -1.77. The third kappa shape index (κ3) is 8.09. The first-order chi connectivity index (χ1) is 4.91. The van der Waals surface area contributed by atoms with Crippen LogP contribution >= 0.6 is 11.8 Å². The second kappa shape index (κ2) is 9.09. The number of hydrogen-bond acceptors (Lipinski definition) is 1. The van der Waals surface area contributed by atoms with Crippen molar-refractivity contribution in [1.82, 2.24) is 0 Å². The molecular weight excluding hydrogens is 140 g/mol. The van der Waals surface area contributed by atoms with Crippen molar-refractivity contribution >= 4 is 11.8 Å². The standard InChI is InChI=1S/C9H18S/c1-3-5-6-7-8-9-10-4-2/h5-6H,3-4,7-9H2,1-2H3. The van der Waals surface area contributed by atoms with Gasteiger partial charge in [-0.05, 0) is 30.8 Å². The first-order valence-corrected chi connectivity index (χ1v) is 5.30. The normalized spacial score (nSPS) is 11.0. The SMILES string of the molecule is CCC=CCCCSCC. The van der Waals surface area contributed by atoms with Gasteiger partial charge in [-0.15, -0.1) is 0 Å². The fourth-order valence-electron chi connectivity index (χ4n) is 0.732. The number of rotatable bonds is 6. The highest BCUT2D eigenvalue weighted by atomic mass is 32.2. The highest BCUT2D eigenvalue weighted by Gasteiger charge is 1.82. The van der Waals surface area contributed by atoms with Crippen LogP contribution in [0.4, 0.5) is 0 Å². The van der Waals surface area contributed by atoms with Crippen LogP contribution in [0.3, 0.4) is 0 Å². The van der Waals surface area contributed by atoms with E-state index < -0.39 is 0 Å². The monoisotopic (exact) mass is 158 g/mol. The molecule has 0 aromatic rings. The Hall–Kier alpha value is 0.0900. The van der Waals surface area contributed by atoms with E-state index in [1.165, 1.54) is 30.8 Å². The molecule has 0 heterocycles. The number of unbranched alkanes of at least 4 members (excludes halogenated alkanes) is 1. The van der Waals surface area contributed by atoms with E-state index in [0.717, 1.165) is 0 Å². The maximum atomic E-state index is 2.29. The molecule has 0 aliphatic carbocycles. The van der Waals surface area contributed by atoms with Crippen molar-refractivity contribution in [3.63, 3.8) is 0 Å². The zero-order valence-electron chi connectivity index (χ0n) is 7.10. The van der Waals surface area contributed by atoms with E-state index >= 15 is 0 Å². The van der Waals surface area contributed by atoms with Gasteiger partial charge in [-0.3, -0.25) is 0 Å². The Morgan fingerprint density at radius 3 is 2.60 bits per heavy atom. The van der Waals surface area contributed by atoms with Crippen LogP contribution in [0.1, 0.15) is 33.1 Å². The quantitative estimate of drug-likeness (QED) is 0.421. The number of allylic oxidation sites excluding steroid dienone is 2. The zero-order chi connectivity index (χ0) is 7.66. The fraction of sp³-hybridized carbons (Fsp3) is 0.778. The van der Waals surface area contributed by atoms with E-state index in [-0.39, 0.29) is 0 Å². The fourth-order valence-corrected chi connectivity index (χ4v) is 1.39. The van der Waals surface area contributed by atoms with Crippen molar-refractivity contribution in [2.75, 3.05) is 11.5 Å². The van der Waals surface area contributed by atoms with Crippen LogP contribution in [-0.2, 0) is 0 Å². The molecule has 0 N–H and O–H groups in total. The Bertz CT molecular complexity index is 76.8. The Morgan fingerprint density at radius 2 is 2.00 bits per heavy atom. The molecule has 0 fully saturated rings. The molecule has 0 radical (unpaired) electrons. The van der Waals surface area contributed by atoms with Gasteiger partial charge in [-0.2, -0.15) is 11.8 Å². The summed E-state index contributed by atoms with van der Waals surface area (Å²) in [5.74, 6) is 2.59. The van der Waals surface area contributed by atoms with Gasteiger partial charge < -0.3 is 0 Å². The molecule has 0 bridgehead atoms.